The zero-order valence-electron chi connectivity index (χ0n) is 17.8. The molecule has 1 aliphatic rings. The fraction of sp³-hybridized carbons (Fsp3) is 0.364. The Morgan fingerprint density at radius 1 is 1.19 bits per heavy atom. The van der Waals surface area contributed by atoms with Gasteiger partial charge in [0, 0.05) is 37.3 Å². The summed E-state index contributed by atoms with van der Waals surface area (Å²) in [4.78, 5) is 37.4. The van der Waals surface area contributed by atoms with Crippen LogP contribution in [0.4, 0.5) is 22.7 Å². The molecule has 0 bridgehead atoms. The summed E-state index contributed by atoms with van der Waals surface area (Å²) >= 11 is 0. The molecule has 2 aromatic carbocycles. The van der Waals surface area contributed by atoms with E-state index < -0.39 is 10.8 Å². The lowest BCUT2D eigenvalue weighted by molar-refractivity contribution is -0.384. The van der Waals surface area contributed by atoms with Gasteiger partial charge < -0.3 is 20.3 Å². The number of anilines is 3. The summed E-state index contributed by atoms with van der Waals surface area (Å²) in [5, 5.41) is 17.0. The van der Waals surface area contributed by atoms with Crippen LogP contribution in [0.5, 0.6) is 5.75 Å². The fourth-order valence-electron chi connectivity index (χ4n) is 3.76. The van der Waals surface area contributed by atoms with E-state index in [0.717, 1.165) is 25.9 Å². The predicted molar refractivity (Wildman–Crippen MR) is 119 cm³/mol. The summed E-state index contributed by atoms with van der Waals surface area (Å²) in [6.45, 7) is 5.01. The van der Waals surface area contributed by atoms with Gasteiger partial charge in [0.25, 0.3) is 11.6 Å². The van der Waals surface area contributed by atoms with Gasteiger partial charge in [0.2, 0.25) is 5.91 Å². The molecule has 0 aromatic heterocycles. The van der Waals surface area contributed by atoms with Gasteiger partial charge in [-0.05, 0) is 49.1 Å². The third-order valence-corrected chi connectivity index (χ3v) is 5.20. The molecule has 2 aromatic rings. The summed E-state index contributed by atoms with van der Waals surface area (Å²) in [5.41, 5.74) is 1.46. The van der Waals surface area contributed by atoms with E-state index in [1.165, 1.54) is 20.1 Å². The van der Waals surface area contributed by atoms with E-state index in [0.29, 0.717) is 28.7 Å². The molecule has 0 spiro atoms. The maximum atomic E-state index is 12.8. The maximum Gasteiger partial charge on any atom is 0.293 e. The second kappa shape index (κ2) is 9.46. The highest BCUT2D eigenvalue weighted by Gasteiger charge is 2.25. The molecule has 9 nitrogen and oxygen atoms in total. The largest absolute Gasteiger partial charge is 0.495 e. The average molecular weight is 426 g/mol. The number of piperidine rings is 1. The SMILES string of the molecule is COc1ccc(NC(=O)c2ccc(N3CCCC(C)C3)c([N+](=O)[O-])c2)cc1NC(C)=O. The second-order valence-corrected chi connectivity index (χ2v) is 7.70. The number of amides is 2. The summed E-state index contributed by atoms with van der Waals surface area (Å²) in [7, 11) is 1.47. The number of carbonyl (C=O) groups excluding carboxylic acids is 2. The standard InChI is InChI=1S/C22H26N4O5/c1-14-5-4-10-25(13-14)19-8-6-16(11-20(19)26(29)30)22(28)24-17-7-9-21(31-3)18(12-17)23-15(2)27/h6-9,11-12,14H,4-5,10,13H2,1-3H3,(H,23,27)(H,24,28). The van der Waals surface area contributed by atoms with E-state index in [-0.39, 0.29) is 17.2 Å². The number of hydrogen-bond donors (Lipinski definition) is 2. The lowest BCUT2D eigenvalue weighted by Gasteiger charge is -2.32. The molecule has 0 saturated carbocycles. The van der Waals surface area contributed by atoms with Crippen LogP contribution in [0.2, 0.25) is 0 Å². The van der Waals surface area contributed by atoms with E-state index in [4.69, 9.17) is 4.74 Å². The van der Waals surface area contributed by atoms with Crippen LogP contribution in [-0.2, 0) is 4.79 Å². The molecule has 9 heteroatoms. The molecule has 1 fully saturated rings. The maximum absolute atomic E-state index is 12.8. The first-order chi connectivity index (χ1) is 14.8. The van der Waals surface area contributed by atoms with E-state index in [1.54, 1.807) is 30.3 Å². The molecule has 164 valence electrons. The van der Waals surface area contributed by atoms with Crippen LogP contribution >= 0.6 is 0 Å². The molecular formula is C22H26N4O5. The van der Waals surface area contributed by atoms with Gasteiger partial charge in [0.1, 0.15) is 11.4 Å². The average Bonchev–Trinajstić information content (AvgIpc) is 2.73. The summed E-state index contributed by atoms with van der Waals surface area (Å²) in [5.74, 6) is 0.147. The lowest BCUT2D eigenvalue weighted by Crippen LogP contribution is -2.34. The number of nitrogens with one attached hydrogen (secondary N) is 2. The predicted octanol–water partition coefficient (Wildman–Crippen LogP) is 4.05. The van der Waals surface area contributed by atoms with Crippen molar-refractivity contribution in [3.8, 4) is 5.75 Å². The number of rotatable bonds is 6. The smallest absolute Gasteiger partial charge is 0.293 e. The third-order valence-electron chi connectivity index (χ3n) is 5.20. The van der Waals surface area contributed by atoms with Crippen molar-refractivity contribution in [1.29, 1.82) is 0 Å². The van der Waals surface area contributed by atoms with Crippen LogP contribution in [0.25, 0.3) is 0 Å². The molecular weight excluding hydrogens is 400 g/mol. The van der Waals surface area contributed by atoms with Crippen LogP contribution in [0.3, 0.4) is 0 Å². The van der Waals surface area contributed by atoms with E-state index in [1.807, 2.05) is 4.90 Å². The topological polar surface area (TPSA) is 114 Å². The Morgan fingerprint density at radius 2 is 1.97 bits per heavy atom. The van der Waals surface area contributed by atoms with Crippen LogP contribution in [0.15, 0.2) is 36.4 Å². The summed E-state index contributed by atoms with van der Waals surface area (Å²) < 4.78 is 5.20. The van der Waals surface area contributed by atoms with Gasteiger partial charge in [-0.3, -0.25) is 19.7 Å². The van der Waals surface area contributed by atoms with Crippen molar-refractivity contribution in [1.82, 2.24) is 0 Å². The third kappa shape index (κ3) is 5.30. The number of nitro benzene ring substituents is 1. The van der Waals surface area contributed by atoms with Crippen molar-refractivity contribution in [3.63, 3.8) is 0 Å². The van der Waals surface area contributed by atoms with Crippen molar-refractivity contribution in [2.75, 3.05) is 35.7 Å². The first-order valence-corrected chi connectivity index (χ1v) is 10.1. The number of methoxy groups -OCH3 is 1. The normalized spacial score (nSPS) is 15.8. The van der Waals surface area contributed by atoms with Crippen LogP contribution in [0, 0.1) is 16.0 Å². The van der Waals surface area contributed by atoms with Crippen molar-refractivity contribution in [2.45, 2.75) is 26.7 Å². The Kier molecular flexibility index (Phi) is 6.74. The highest BCUT2D eigenvalue weighted by molar-refractivity contribution is 6.05. The number of benzene rings is 2. The van der Waals surface area contributed by atoms with Gasteiger partial charge >= 0.3 is 0 Å². The minimum absolute atomic E-state index is 0.0876. The molecule has 31 heavy (non-hydrogen) atoms. The highest BCUT2D eigenvalue weighted by atomic mass is 16.6. The lowest BCUT2D eigenvalue weighted by atomic mass is 9.99. The molecule has 1 atom stereocenters. The quantitative estimate of drug-likeness (QED) is 0.532. The van der Waals surface area contributed by atoms with Gasteiger partial charge in [0.15, 0.2) is 0 Å². The van der Waals surface area contributed by atoms with Crippen molar-refractivity contribution in [3.05, 3.63) is 52.1 Å². The van der Waals surface area contributed by atoms with Crippen molar-refractivity contribution >= 4 is 34.6 Å². The second-order valence-electron chi connectivity index (χ2n) is 7.70. The number of ether oxygens (including phenoxy) is 1. The molecule has 1 aliphatic heterocycles. The van der Waals surface area contributed by atoms with Crippen molar-refractivity contribution in [2.24, 2.45) is 5.92 Å². The Bertz CT molecular complexity index is 1010. The number of nitrogens with zero attached hydrogens (tertiary/aromatic N) is 2. The minimum atomic E-state index is -0.486. The monoisotopic (exact) mass is 426 g/mol. The Balaban J connectivity index is 1.84. The number of nitro groups is 1. The van der Waals surface area contributed by atoms with E-state index in [9.17, 15) is 19.7 Å². The highest BCUT2D eigenvalue weighted by Crippen LogP contribution is 2.33. The van der Waals surface area contributed by atoms with Gasteiger partial charge in [-0.1, -0.05) is 6.92 Å². The fourth-order valence-corrected chi connectivity index (χ4v) is 3.76. The molecule has 1 unspecified atom stereocenters. The molecule has 0 aliphatic carbocycles. The first-order valence-electron chi connectivity index (χ1n) is 10.1. The van der Waals surface area contributed by atoms with Gasteiger partial charge in [-0.15, -0.1) is 0 Å². The van der Waals surface area contributed by atoms with Gasteiger partial charge in [-0.2, -0.15) is 0 Å². The molecule has 3 rings (SSSR count). The van der Waals surface area contributed by atoms with Gasteiger partial charge in [-0.25, -0.2) is 0 Å². The molecule has 0 radical (unpaired) electrons. The Morgan fingerprint density at radius 3 is 2.61 bits per heavy atom. The molecule has 1 heterocycles. The van der Waals surface area contributed by atoms with Crippen LogP contribution in [0.1, 0.15) is 37.0 Å². The van der Waals surface area contributed by atoms with Gasteiger partial charge in [0.05, 0.1) is 17.7 Å². The number of carbonyl (C=O) groups is 2. The van der Waals surface area contributed by atoms with Crippen molar-refractivity contribution < 1.29 is 19.2 Å². The Hall–Kier alpha value is -3.62. The molecule has 2 amide bonds. The van der Waals surface area contributed by atoms with E-state index in [2.05, 4.69) is 17.6 Å². The minimum Gasteiger partial charge on any atom is -0.495 e. The number of hydrogen-bond acceptors (Lipinski definition) is 6. The summed E-state index contributed by atoms with van der Waals surface area (Å²) in [6.07, 6.45) is 2.09. The first kappa shape index (κ1) is 22.1. The summed E-state index contributed by atoms with van der Waals surface area (Å²) in [6, 6.07) is 9.35. The molecule has 2 N–H and O–H groups in total. The molecule has 1 saturated heterocycles. The zero-order valence-corrected chi connectivity index (χ0v) is 17.8. The van der Waals surface area contributed by atoms with E-state index >= 15 is 0 Å². The zero-order chi connectivity index (χ0) is 22.5. The van der Waals surface area contributed by atoms with Crippen LogP contribution in [-0.4, -0.2) is 36.9 Å². The van der Waals surface area contributed by atoms with Crippen LogP contribution < -0.4 is 20.3 Å². The Labute approximate surface area is 180 Å².